The van der Waals surface area contributed by atoms with Crippen molar-refractivity contribution in [3.8, 4) is 0 Å². The normalized spacial score (nSPS) is 13.1. The molecule has 1 aromatic heterocycles. The molecule has 1 heterocycles. The summed E-state index contributed by atoms with van der Waals surface area (Å²) in [6.07, 6.45) is 1.39. The number of hydrogen-bond acceptors (Lipinski definition) is 4. The zero-order valence-corrected chi connectivity index (χ0v) is 13.3. The van der Waals surface area contributed by atoms with Crippen LogP contribution in [-0.2, 0) is 26.2 Å². The van der Waals surface area contributed by atoms with Crippen LogP contribution in [0.25, 0.3) is 0 Å². The van der Waals surface area contributed by atoms with Crippen LogP contribution in [0.5, 0.6) is 0 Å². The monoisotopic (exact) mass is 333 g/mol. The summed E-state index contributed by atoms with van der Waals surface area (Å²) >= 11 is 6.17. The first-order valence-corrected chi connectivity index (χ1v) is 7.45. The molecular weight excluding hydrogens is 318 g/mol. The van der Waals surface area contributed by atoms with E-state index < -0.39 is 17.4 Å². The van der Waals surface area contributed by atoms with Crippen LogP contribution in [0, 0.1) is 0 Å². The molecule has 0 saturated carbocycles. The summed E-state index contributed by atoms with van der Waals surface area (Å²) in [7, 11) is 0. The van der Waals surface area contributed by atoms with Crippen LogP contribution in [-0.4, -0.2) is 28.6 Å². The number of nitrogens with zero attached hydrogens (tertiary/aromatic N) is 1. The summed E-state index contributed by atoms with van der Waals surface area (Å²) in [4.78, 5) is 28.8. The van der Waals surface area contributed by atoms with Crippen LogP contribution >= 0.6 is 11.6 Å². The first-order chi connectivity index (χ1) is 11.0. The Balaban J connectivity index is 2.63. The van der Waals surface area contributed by atoms with Gasteiger partial charge in [-0.3, -0.25) is 14.6 Å². The molecule has 23 heavy (non-hydrogen) atoms. The minimum absolute atomic E-state index is 0.0700. The van der Waals surface area contributed by atoms with Crippen molar-refractivity contribution < 1.29 is 19.4 Å². The van der Waals surface area contributed by atoms with Gasteiger partial charge in [-0.15, -0.1) is 0 Å². The lowest BCUT2D eigenvalue weighted by Crippen LogP contribution is -2.47. The van der Waals surface area contributed by atoms with Crippen molar-refractivity contribution in [2.45, 2.75) is 18.8 Å². The smallest absolute Gasteiger partial charge is 0.328 e. The minimum atomic E-state index is -1.94. The first-order valence-electron chi connectivity index (χ1n) is 7.08. The van der Waals surface area contributed by atoms with E-state index in [9.17, 15) is 14.7 Å². The molecule has 0 aliphatic rings. The lowest BCUT2D eigenvalue weighted by atomic mass is 9.76. The second-order valence-electron chi connectivity index (χ2n) is 4.91. The third kappa shape index (κ3) is 3.35. The maximum absolute atomic E-state index is 12.6. The average molecular weight is 334 g/mol. The quantitative estimate of drug-likeness (QED) is 0.649. The van der Waals surface area contributed by atoms with Gasteiger partial charge in [0.05, 0.1) is 6.61 Å². The SMILES string of the molecule is CCOC(=O)C(Cc1ccccn1)(C(=O)O)c1ccccc1Cl. The standard InChI is InChI=1S/C17H16ClNO4/c1-2-23-16(22)17(15(20)21,11-12-7-5-6-10-19-12)13-8-3-4-9-14(13)18/h3-10H,2,11H2,1H3,(H,20,21). The van der Waals surface area contributed by atoms with E-state index in [-0.39, 0.29) is 23.6 Å². The molecule has 5 nitrogen and oxygen atoms in total. The van der Waals surface area contributed by atoms with Gasteiger partial charge in [0.25, 0.3) is 0 Å². The fourth-order valence-electron chi connectivity index (χ4n) is 2.39. The Morgan fingerprint density at radius 1 is 1.22 bits per heavy atom. The molecule has 1 N–H and O–H groups in total. The Hall–Kier alpha value is -2.40. The number of pyridine rings is 1. The Morgan fingerprint density at radius 2 is 1.91 bits per heavy atom. The topological polar surface area (TPSA) is 76.5 Å². The van der Waals surface area contributed by atoms with Gasteiger partial charge in [0, 0.05) is 23.3 Å². The van der Waals surface area contributed by atoms with Crippen molar-refractivity contribution in [1.82, 2.24) is 4.98 Å². The van der Waals surface area contributed by atoms with E-state index in [2.05, 4.69) is 4.98 Å². The number of aromatic nitrogens is 1. The molecule has 0 spiro atoms. The number of halogens is 1. The van der Waals surface area contributed by atoms with Gasteiger partial charge in [0.2, 0.25) is 0 Å². The Morgan fingerprint density at radius 3 is 2.48 bits per heavy atom. The largest absolute Gasteiger partial charge is 0.480 e. The molecule has 2 rings (SSSR count). The molecule has 0 fully saturated rings. The second kappa shape index (κ2) is 7.24. The van der Waals surface area contributed by atoms with Crippen molar-refractivity contribution in [3.05, 3.63) is 64.9 Å². The van der Waals surface area contributed by atoms with Gasteiger partial charge < -0.3 is 9.84 Å². The van der Waals surface area contributed by atoms with Crippen molar-refractivity contribution >= 4 is 23.5 Å². The molecule has 2 aromatic rings. The molecular formula is C17H16ClNO4. The summed E-state index contributed by atoms with van der Waals surface area (Å²) in [6.45, 7) is 1.69. The fourth-order valence-corrected chi connectivity index (χ4v) is 2.69. The van der Waals surface area contributed by atoms with Crippen LogP contribution < -0.4 is 0 Å². The highest BCUT2D eigenvalue weighted by Gasteiger charge is 2.51. The number of aliphatic carboxylic acids is 1. The lowest BCUT2D eigenvalue weighted by Gasteiger charge is -2.28. The highest BCUT2D eigenvalue weighted by molar-refractivity contribution is 6.32. The van der Waals surface area contributed by atoms with Gasteiger partial charge in [0.15, 0.2) is 5.41 Å². The van der Waals surface area contributed by atoms with Gasteiger partial charge in [-0.2, -0.15) is 0 Å². The van der Waals surface area contributed by atoms with E-state index in [0.717, 1.165) is 0 Å². The van der Waals surface area contributed by atoms with Crippen LogP contribution in [0.2, 0.25) is 5.02 Å². The van der Waals surface area contributed by atoms with E-state index in [4.69, 9.17) is 16.3 Å². The van der Waals surface area contributed by atoms with Crippen LogP contribution in [0.15, 0.2) is 48.7 Å². The predicted molar refractivity (Wildman–Crippen MR) is 85.3 cm³/mol. The molecule has 0 aliphatic carbocycles. The van der Waals surface area contributed by atoms with Crippen LogP contribution in [0.4, 0.5) is 0 Å². The summed E-state index contributed by atoms with van der Waals surface area (Å²) < 4.78 is 5.04. The molecule has 1 unspecified atom stereocenters. The zero-order valence-electron chi connectivity index (χ0n) is 12.5. The van der Waals surface area contributed by atoms with Gasteiger partial charge in [-0.05, 0) is 30.7 Å². The Bertz CT molecular complexity index is 705. The lowest BCUT2D eigenvalue weighted by molar-refractivity contribution is -0.161. The Kier molecular flexibility index (Phi) is 5.34. The van der Waals surface area contributed by atoms with Crippen LogP contribution in [0.1, 0.15) is 18.2 Å². The highest BCUT2D eigenvalue weighted by Crippen LogP contribution is 2.35. The number of ether oxygens (including phenoxy) is 1. The maximum atomic E-state index is 12.6. The van der Waals surface area contributed by atoms with Gasteiger partial charge >= 0.3 is 11.9 Å². The molecule has 0 bridgehead atoms. The fraction of sp³-hybridized carbons (Fsp3) is 0.235. The Labute approximate surface area is 138 Å². The van der Waals surface area contributed by atoms with E-state index in [1.54, 1.807) is 49.5 Å². The number of esters is 1. The summed E-state index contributed by atoms with van der Waals surface area (Å²) in [5.41, 5.74) is -1.29. The van der Waals surface area contributed by atoms with Crippen molar-refractivity contribution in [2.75, 3.05) is 6.61 Å². The van der Waals surface area contributed by atoms with Crippen molar-refractivity contribution in [2.24, 2.45) is 0 Å². The molecule has 120 valence electrons. The maximum Gasteiger partial charge on any atom is 0.328 e. The third-order valence-corrected chi connectivity index (χ3v) is 3.82. The summed E-state index contributed by atoms with van der Waals surface area (Å²) in [5.74, 6) is -2.18. The molecule has 0 radical (unpaired) electrons. The molecule has 6 heteroatoms. The van der Waals surface area contributed by atoms with Gasteiger partial charge in [-0.1, -0.05) is 35.9 Å². The number of carboxylic acids is 1. The molecule has 1 atom stereocenters. The minimum Gasteiger partial charge on any atom is -0.480 e. The van der Waals surface area contributed by atoms with Crippen molar-refractivity contribution in [3.63, 3.8) is 0 Å². The number of carboxylic acid groups (broad SMARTS) is 1. The first kappa shape index (κ1) is 17.0. The van der Waals surface area contributed by atoms with Gasteiger partial charge in [-0.25, -0.2) is 0 Å². The van der Waals surface area contributed by atoms with E-state index >= 15 is 0 Å². The summed E-state index contributed by atoms with van der Waals surface area (Å²) in [5, 5.41) is 10.1. The van der Waals surface area contributed by atoms with Crippen molar-refractivity contribution in [1.29, 1.82) is 0 Å². The molecule has 0 aliphatic heterocycles. The third-order valence-electron chi connectivity index (χ3n) is 3.50. The number of carbonyl (C=O) groups is 2. The number of benzene rings is 1. The van der Waals surface area contributed by atoms with Crippen LogP contribution in [0.3, 0.4) is 0 Å². The average Bonchev–Trinajstić information content (AvgIpc) is 2.54. The number of hydrogen-bond donors (Lipinski definition) is 1. The highest BCUT2D eigenvalue weighted by atomic mass is 35.5. The molecule has 1 aromatic carbocycles. The second-order valence-corrected chi connectivity index (χ2v) is 5.32. The van der Waals surface area contributed by atoms with E-state index in [1.165, 1.54) is 6.07 Å². The van der Waals surface area contributed by atoms with Gasteiger partial charge in [0.1, 0.15) is 0 Å². The van der Waals surface area contributed by atoms with E-state index in [1.807, 2.05) is 0 Å². The molecule has 0 saturated heterocycles. The molecule has 0 amide bonds. The summed E-state index contributed by atoms with van der Waals surface area (Å²) in [6, 6.07) is 11.5. The predicted octanol–water partition coefficient (Wildman–Crippen LogP) is 2.86. The number of carbonyl (C=O) groups excluding carboxylic acids is 1. The van der Waals surface area contributed by atoms with E-state index in [0.29, 0.717) is 5.69 Å². The number of rotatable bonds is 6. The zero-order chi connectivity index (χ0) is 16.9.